The minimum absolute atomic E-state index is 0.0381. The van der Waals surface area contributed by atoms with Crippen molar-refractivity contribution in [3.05, 3.63) is 91.0 Å². The molecule has 0 saturated heterocycles. The Morgan fingerprint density at radius 2 is 1.03 bits per heavy atom. The van der Waals surface area contributed by atoms with Crippen molar-refractivity contribution in [1.29, 1.82) is 0 Å². The quantitative estimate of drug-likeness (QED) is 0.0307. The zero-order valence-electron chi connectivity index (χ0n) is 42.5. The zero-order valence-corrected chi connectivity index (χ0v) is 46.4. The van der Waals surface area contributed by atoms with E-state index in [-0.39, 0.29) is 25.8 Å². The average Bonchev–Trinajstić information content (AvgIpc) is 3.34. The fraction of sp³-hybridized carbons (Fsp3) is 0.571. The van der Waals surface area contributed by atoms with Crippen molar-refractivity contribution in [3.8, 4) is 22.6 Å². The molecule has 0 aromatic heterocycles. The maximum Gasteiger partial charge on any atom is 0.573 e. The maximum atomic E-state index is 15.0. The molecule has 13 heteroatoms. The van der Waals surface area contributed by atoms with E-state index in [1.165, 1.54) is 34.6 Å². The summed E-state index contributed by atoms with van der Waals surface area (Å²) in [5.74, 6) is -0.583. The van der Waals surface area contributed by atoms with E-state index in [0.717, 1.165) is 133 Å². The minimum atomic E-state index is -5.02. The van der Waals surface area contributed by atoms with Gasteiger partial charge < -0.3 is 14.1 Å². The van der Waals surface area contributed by atoms with Crippen molar-refractivity contribution in [2.45, 2.75) is 206 Å². The first-order valence-corrected chi connectivity index (χ1v) is 34.9. The van der Waals surface area contributed by atoms with E-state index in [1.807, 2.05) is 12.1 Å². The fourth-order valence-corrected chi connectivity index (χ4v) is 27.9. The summed E-state index contributed by atoms with van der Waals surface area (Å²) >= 11 is 0. The third-order valence-electron chi connectivity index (χ3n) is 14.5. The van der Waals surface area contributed by atoms with Crippen LogP contribution in [0.1, 0.15) is 151 Å². The molecule has 1 fully saturated rings. The van der Waals surface area contributed by atoms with E-state index < -0.39 is 36.6 Å². The van der Waals surface area contributed by atoms with Crippen molar-refractivity contribution in [3.63, 3.8) is 0 Å². The van der Waals surface area contributed by atoms with Crippen molar-refractivity contribution in [1.82, 2.24) is 0 Å². The first-order valence-electron chi connectivity index (χ1n) is 26.5. The summed E-state index contributed by atoms with van der Waals surface area (Å²) in [6, 6.07) is 35.6. The van der Waals surface area contributed by atoms with Gasteiger partial charge in [-0.05, 0) is 50.9 Å². The predicted molar refractivity (Wildman–Crippen MR) is 291 cm³/mol. The van der Waals surface area contributed by atoms with Crippen LogP contribution in [-0.2, 0) is 0 Å². The number of nitrogens with zero attached hydrogens (tertiary/aromatic N) is 1. The largest absolute Gasteiger partial charge is 0.573 e. The summed E-state index contributed by atoms with van der Waals surface area (Å²) in [6.45, 7) is 13.4. The maximum absolute atomic E-state index is 15.0. The molecule has 4 aromatic carbocycles. The van der Waals surface area contributed by atoms with Crippen molar-refractivity contribution in [2.24, 2.45) is 0 Å². The number of ether oxygens (including phenoxy) is 2. The third-order valence-corrected chi connectivity index (χ3v) is 30.8. The van der Waals surface area contributed by atoms with Gasteiger partial charge in [0.25, 0.3) is 0 Å². The molecule has 2 atom stereocenters. The van der Waals surface area contributed by atoms with Gasteiger partial charge >= 0.3 is 12.7 Å². The Bertz CT molecular complexity index is 2090. The number of anilines is 1. The molecule has 382 valence electrons. The lowest BCUT2D eigenvalue weighted by atomic mass is 9.95. The number of hydrogen-bond donors (Lipinski definition) is 0. The molecule has 0 N–H and O–H groups in total. The SMILES string of the molecule is CCCC[Si](CCCC)(CCCC)c1cccc(-c2cccc(PP(c3ccccc3OC(F)(F)F)N(c3cccc([Si](CCCC)(CCCC)CCCC)c3)C3CCCCC3)c2OC(F)(F)F)c1. The van der Waals surface area contributed by atoms with Crippen LogP contribution < -0.4 is 35.1 Å². The lowest BCUT2D eigenvalue weighted by Gasteiger charge is -2.43. The van der Waals surface area contributed by atoms with Crippen LogP contribution in [-0.4, -0.2) is 34.9 Å². The molecule has 0 aliphatic heterocycles. The summed E-state index contributed by atoms with van der Waals surface area (Å²) < 4.78 is 101. The number of hydrogen-bond acceptors (Lipinski definition) is 3. The van der Waals surface area contributed by atoms with Crippen LogP contribution in [0.25, 0.3) is 11.1 Å². The van der Waals surface area contributed by atoms with Crippen LogP contribution in [0.2, 0.25) is 36.3 Å². The molecular formula is C56H81F6NO2P2Si2. The minimum Gasteiger partial charge on any atom is -0.405 e. The van der Waals surface area contributed by atoms with E-state index in [0.29, 0.717) is 21.7 Å². The van der Waals surface area contributed by atoms with Gasteiger partial charge in [-0.25, -0.2) is 0 Å². The molecular weight excluding hydrogens is 951 g/mol. The van der Waals surface area contributed by atoms with Gasteiger partial charge in [-0.1, -0.05) is 251 Å². The number of alkyl halides is 6. The van der Waals surface area contributed by atoms with Gasteiger partial charge in [-0.3, -0.25) is 0 Å². The van der Waals surface area contributed by atoms with Crippen LogP contribution in [0, 0.1) is 0 Å². The molecule has 1 aliphatic carbocycles. The Balaban J connectivity index is 1.79. The van der Waals surface area contributed by atoms with Crippen molar-refractivity contribution >= 4 is 58.8 Å². The summed E-state index contributed by atoms with van der Waals surface area (Å²) in [5, 5.41) is 3.36. The molecule has 4 aromatic rings. The smallest absolute Gasteiger partial charge is 0.405 e. The van der Waals surface area contributed by atoms with Crippen molar-refractivity contribution in [2.75, 3.05) is 4.67 Å². The second-order valence-electron chi connectivity index (χ2n) is 19.6. The van der Waals surface area contributed by atoms with Crippen LogP contribution in [0.15, 0.2) is 91.0 Å². The Morgan fingerprint density at radius 1 is 0.551 bits per heavy atom. The predicted octanol–water partition coefficient (Wildman–Crippen LogP) is 18.0. The molecule has 69 heavy (non-hydrogen) atoms. The molecule has 1 aliphatic rings. The highest BCUT2D eigenvalue weighted by Crippen LogP contribution is 2.63. The lowest BCUT2D eigenvalue weighted by molar-refractivity contribution is -0.275. The van der Waals surface area contributed by atoms with E-state index in [9.17, 15) is 26.3 Å². The second kappa shape index (κ2) is 27.8. The molecule has 3 nitrogen and oxygen atoms in total. The third kappa shape index (κ3) is 16.3. The van der Waals surface area contributed by atoms with Gasteiger partial charge in [0.15, 0.2) is 0 Å². The van der Waals surface area contributed by atoms with Gasteiger partial charge in [-0.2, -0.15) is 0 Å². The normalized spacial score (nSPS) is 14.7. The zero-order chi connectivity index (χ0) is 49.9. The van der Waals surface area contributed by atoms with Gasteiger partial charge in [0, 0.05) is 27.9 Å². The van der Waals surface area contributed by atoms with E-state index in [2.05, 4.69) is 82.6 Å². The topological polar surface area (TPSA) is 21.7 Å². The molecule has 0 amide bonds. The average molecular weight is 1030 g/mol. The van der Waals surface area contributed by atoms with Crippen LogP contribution in [0.3, 0.4) is 0 Å². The summed E-state index contributed by atoms with van der Waals surface area (Å²) in [5.41, 5.74) is 1.97. The molecule has 0 spiro atoms. The number of unbranched alkanes of at least 4 members (excludes halogenated alkanes) is 6. The van der Waals surface area contributed by atoms with Crippen LogP contribution in [0.4, 0.5) is 32.0 Å². The number of halogens is 6. The molecule has 2 unspecified atom stereocenters. The number of benzene rings is 4. The molecule has 0 bridgehead atoms. The molecule has 0 heterocycles. The van der Waals surface area contributed by atoms with E-state index >= 15 is 0 Å². The van der Waals surface area contributed by atoms with Crippen LogP contribution in [0.5, 0.6) is 11.5 Å². The summed E-state index contributed by atoms with van der Waals surface area (Å²) in [7, 11) is -6.30. The van der Waals surface area contributed by atoms with Gasteiger partial charge in [0.2, 0.25) is 0 Å². The summed E-state index contributed by atoms with van der Waals surface area (Å²) in [4.78, 5) is 0. The fourth-order valence-electron chi connectivity index (χ4n) is 10.8. The highest BCUT2D eigenvalue weighted by Gasteiger charge is 2.40. The second-order valence-corrected chi connectivity index (χ2v) is 33.1. The van der Waals surface area contributed by atoms with Gasteiger partial charge in [-0.15, -0.1) is 26.3 Å². The highest BCUT2D eigenvalue weighted by molar-refractivity contribution is 8.28. The van der Waals surface area contributed by atoms with Gasteiger partial charge in [0.1, 0.15) is 11.5 Å². The highest BCUT2D eigenvalue weighted by atomic mass is 32.1. The Kier molecular flexibility index (Phi) is 23.0. The van der Waals surface area contributed by atoms with Crippen LogP contribution >= 0.6 is 16.0 Å². The Hall–Kier alpha value is -2.85. The standard InChI is InChI=1S/C56H81F6NO2P2Si2/c1-7-13-37-68(38-14-8-2,39-15-9-3)48-31-24-27-45(43-48)50-33-26-35-52(54(50)65-56(60,61)62)66-67(53-36-23-22-34-51(53)64-55(57,58)59)63(46-28-20-19-21-29-46)47-30-25-32-49(44-47)69(40-16-10-4,41-17-11-5)42-18-12-6/h22-27,30-36,43-44,46,66H,7-21,28-29,37-42H2,1-6H3. The lowest BCUT2D eigenvalue weighted by Crippen LogP contribution is -2.48. The molecule has 1 saturated carbocycles. The first kappa shape index (κ1) is 57.1. The van der Waals surface area contributed by atoms with E-state index in [1.54, 1.807) is 36.4 Å². The monoisotopic (exact) mass is 1030 g/mol. The van der Waals surface area contributed by atoms with Gasteiger partial charge in [0.05, 0.1) is 23.9 Å². The molecule has 5 rings (SSSR count). The number of rotatable bonds is 29. The molecule has 0 radical (unpaired) electrons. The van der Waals surface area contributed by atoms with Crippen molar-refractivity contribution < 1.29 is 35.8 Å². The summed E-state index contributed by atoms with van der Waals surface area (Å²) in [6.07, 6.45) is 8.01. The number of para-hydroxylation sites is 2. The first-order chi connectivity index (χ1) is 33.2. The Labute approximate surface area is 416 Å². The van der Waals surface area contributed by atoms with E-state index in [4.69, 9.17) is 9.47 Å². The Morgan fingerprint density at radius 3 is 1.54 bits per heavy atom.